The van der Waals surface area contributed by atoms with Crippen LogP contribution >= 0.6 is 0 Å². The highest BCUT2D eigenvalue weighted by molar-refractivity contribution is 5.73. The lowest BCUT2D eigenvalue weighted by molar-refractivity contribution is 0.240. The van der Waals surface area contributed by atoms with Crippen LogP contribution in [0, 0.1) is 6.92 Å². The standard InChI is InChI=1S/C20H27N5O/c1-16-4-3-5-17(12-16)13-22-20(26)23-15-18-6-7-19(21-14-18)25-10-8-24(2)9-11-25/h3-7,12,14H,8-11,13,15H2,1-2H3,(H2,22,23,26). The van der Waals surface area contributed by atoms with Gasteiger partial charge in [0.1, 0.15) is 5.82 Å². The van der Waals surface area contributed by atoms with E-state index in [1.165, 1.54) is 5.56 Å². The van der Waals surface area contributed by atoms with Gasteiger partial charge in [-0.05, 0) is 31.2 Å². The Kier molecular flexibility index (Phi) is 6.07. The molecule has 1 aromatic heterocycles. The zero-order valence-corrected chi connectivity index (χ0v) is 15.5. The zero-order valence-electron chi connectivity index (χ0n) is 15.5. The Bertz CT molecular complexity index is 723. The minimum atomic E-state index is -0.172. The molecule has 1 saturated heterocycles. The maximum absolute atomic E-state index is 12.0. The second kappa shape index (κ2) is 8.67. The number of piperazine rings is 1. The molecule has 2 heterocycles. The van der Waals surface area contributed by atoms with Gasteiger partial charge in [0.25, 0.3) is 0 Å². The van der Waals surface area contributed by atoms with Crippen LogP contribution in [0.5, 0.6) is 0 Å². The van der Waals surface area contributed by atoms with Crippen molar-refractivity contribution in [3.05, 3.63) is 59.3 Å². The Hall–Kier alpha value is -2.60. The fourth-order valence-corrected chi connectivity index (χ4v) is 2.99. The summed E-state index contributed by atoms with van der Waals surface area (Å²) in [5, 5.41) is 5.76. The Labute approximate surface area is 155 Å². The summed E-state index contributed by atoms with van der Waals surface area (Å²) >= 11 is 0. The number of pyridine rings is 1. The van der Waals surface area contributed by atoms with Crippen LogP contribution in [-0.2, 0) is 13.1 Å². The van der Waals surface area contributed by atoms with E-state index in [0.29, 0.717) is 13.1 Å². The Morgan fingerprint density at radius 3 is 2.42 bits per heavy atom. The van der Waals surface area contributed by atoms with Crippen LogP contribution in [0.4, 0.5) is 10.6 Å². The maximum atomic E-state index is 12.0. The summed E-state index contributed by atoms with van der Waals surface area (Å²) in [5.41, 5.74) is 3.28. The molecule has 1 aliphatic rings. The first kappa shape index (κ1) is 18.2. The molecule has 1 aromatic carbocycles. The summed E-state index contributed by atoms with van der Waals surface area (Å²) in [7, 11) is 2.14. The number of hydrogen-bond donors (Lipinski definition) is 2. The molecule has 1 aliphatic heterocycles. The van der Waals surface area contributed by atoms with E-state index in [4.69, 9.17) is 0 Å². The van der Waals surface area contributed by atoms with Crippen molar-refractivity contribution in [1.82, 2.24) is 20.5 Å². The molecule has 0 unspecified atom stereocenters. The molecule has 2 N–H and O–H groups in total. The third-order valence-corrected chi connectivity index (χ3v) is 4.63. The normalized spacial score (nSPS) is 14.9. The Morgan fingerprint density at radius 1 is 1.04 bits per heavy atom. The van der Waals surface area contributed by atoms with E-state index in [-0.39, 0.29) is 6.03 Å². The van der Waals surface area contributed by atoms with Crippen LogP contribution in [0.15, 0.2) is 42.6 Å². The van der Waals surface area contributed by atoms with Crippen LogP contribution in [0.3, 0.4) is 0 Å². The molecular weight excluding hydrogens is 326 g/mol. The van der Waals surface area contributed by atoms with E-state index in [0.717, 1.165) is 43.1 Å². The lowest BCUT2D eigenvalue weighted by Crippen LogP contribution is -2.44. The van der Waals surface area contributed by atoms with Crippen LogP contribution in [-0.4, -0.2) is 49.1 Å². The minimum absolute atomic E-state index is 0.172. The van der Waals surface area contributed by atoms with Crippen molar-refractivity contribution in [2.24, 2.45) is 0 Å². The lowest BCUT2D eigenvalue weighted by Gasteiger charge is -2.33. The van der Waals surface area contributed by atoms with Gasteiger partial charge >= 0.3 is 6.03 Å². The summed E-state index contributed by atoms with van der Waals surface area (Å²) in [6.07, 6.45) is 1.84. The van der Waals surface area contributed by atoms with Gasteiger partial charge in [-0.25, -0.2) is 9.78 Å². The number of carbonyl (C=O) groups is 1. The van der Waals surface area contributed by atoms with Gasteiger partial charge in [0.2, 0.25) is 0 Å². The van der Waals surface area contributed by atoms with Crippen molar-refractivity contribution in [2.75, 3.05) is 38.1 Å². The molecule has 6 heteroatoms. The van der Waals surface area contributed by atoms with Crippen LogP contribution in [0.2, 0.25) is 0 Å². The predicted molar refractivity (Wildman–Crippen MR) is 104 cm³/mol. The highest BCUT2D eigenvalue weighted by Gasteiger charge is 2.14. The number of nitrogens with zero attached hydrogens (tertiary/aromatic N) is 3. The first-order chi connectivity index (χ1) is 12.6. The van der Waals surface area contributed by atoms with Gasteiger partial charge in [0, 0.05) is 45.5 Å². The number of likely N-dealkylation sites (N-methyl/N-ethyl adjacent to an activating group) is 1. The van der Waals surface area contributed by atoms with E-state index < -0.39 is 0 Å². The monoisotopic (exact) mass is 353 g/mol. The van der Waals surface area contributed by atoms with Gasteiger partial charge in [0.05, 0.1) is 0 Å². The molecule has 1 fully saturated rings. The van der Waals surface area contributed by atoms with E-state index in [1.807, 2.05) is 43.5 Å². The van der Waals surface area contributed by atoms with Crippen molar-refractivity contribution in [2.45, 2.75) is 20.0 Å². The molecule has 2 amide bonds. The SMILES string of the molecule is Cc1cccc(CNC(=O)NCc2ccc(N3CCN(C)CC3)nc2)c1. The van der Waals surface area contributed by atoms with Gasteiger partial charge in [-0.15, -0.1) is 0 Å². The van der Waals surface area contributed by atoms with E-state index in [1.54, 1.807) is 0 Å². The van der Waals surface area contributed by atoms with Crippen molar-refractivity contribution in [3.8, 4) is 0 Å². The third-order valence-electron chi connectivity index (χ3n) is 4.63. The second-order valence-corrected chi connectivity index (χ2v) is 6.84. The number of carbonyl (C=O) groups excluding carboxylic acids is 1. The Balaban J connectivity index is 1.43. The van der Waals surface area contributed by atoms with E-state index in [9.17, 15) is 4.79 Å². The number of nitrogens with one attached hydrogen (secondary N) is 2. The first-order valence-electron chi connectivity index (χ1n) is 9.06. The summed E-state index contributed by atoms with van der Waals surface area (Å²) < 4.78 is 0. The van der Waals surface area contributed by atoms with Crippen molar-refractivity contribution in [3.63, 3.8) is 0 Å². The summed E-state index contributed by atoms with van der Waals surface area (Å²) in [5.74, 6) is 1.01. The maximum Gasteiger partial charge on any atom is 0.315 e. The number of rotatable bonds is 5. The van der Waals surface area contributed by atoms with Gasteiger partial charge in [-0.1, -0.05) is 35.9 Å². The number of anilines is 1. The fraction of sp³-hybridized carbons (Fsp3) is 0.400. The fourth-order valence-electron chi connectivity index (χ4n) is 2.99. The second-order valence-electron chi connectivity index (χ2n) is 6.84. The van der Waals surface area contributed by atoms with Crippen LogP contribution in [0.25, 0.3) is 0 Å². The molecule has 0 saturated carbocycles. The number of aryl methyl sites for hydroxylation is 1. The van der Waals surface area contributed by atoms with Gasteiger partial charge in [0.15, 0.2) is 0 Å². The summed E-state index contributed by atoms with van der Waals surface area (Å²) in [6.45, 7) is 7.16. The summed E-state index contributed by atoms with van der Waals surface area (Å²) in [4.78, 5) is 21.1. The van der Waals surface area contributed by atoms with E-state index >= 15 is 0 Å². The van der Waals surface area contributed by atoms with Crippen molar-refractivity contribution in [1.29, 1.82) is 0 Å². The minimum Gasteiger partial charge on any atom is -0.354 e. The third kappa shape index (κ3) is 5.20. The van der Waals surface area contributed by atoms with Crippen molar-refractivity contribution >= 4 is 11.8 Å². The molecule has 26 heavy (non-hydrogen) atoms. The first-order valence-corrected chi connectivity index (χ1v) is 9.06. The average molecular weight is 353 g/mol. The number of urea groups is 1. The molecular formula is C20H27N5O. The van der Waals surface area contributed by atoms with Crippen LogP contribution < -0.4 is 15.5 Å². The quantitative estimate of drug-likeness (QED) is 0.865. The predicted octanol–water partition coefficient (Wildman–Crippen LogP) is 2.14. The molecule has 0 radical (unpaired) electrons. The molecule has 0 atom stereocenters. The summed E-state index contributed by atoms with van der Waals surface area (Å²) in [6, 6.07) is 12.0. The van der Waals surface area contributed by atoms with Crippen molar-refractivity contribution < 1.29 is 4.79 Å². The largest absolute Gasteiger partial charge is 0.354 e. The molecule has 0 bridgehead atoms. The molecule has 138 valence electrons. The van der Waals surface area contributed by atoms with E-state index in [2.05, 4.69) is 38.5 Å². The highest BCUT2D eigenvalue weighted by Crippen LogP contribution is 2.13. The van der Waals surface area contributed by atoms with Crippen LogP contribution in [0.1, 0.15) is 16.7 Å². The highest BCUT2D eigenvalue weighted by atomic mass is 16.2. The van der Waals surface area contributed by atoms with Gasteiger partial charge in [-0.2, -0.15) is 0 Å². The van der Waals surface area contributed by atoms with Gasteiger partial charge in [-0.3, -0.25) is 0 Å². The number of hydrogen-bond acceptors (Lipinski definition) is 4. The number of aromatic nitrogens is 1. The lowest BCUT2D eigenvalue weighted by atomic mass is 10.1. The number of benzene rings is 1. The Morgan fingerprint density at radius 2 is 1.77 bits per heavy atom. The van der Waals surface area contributed by atoms with Gasteiger partial charge < -0.3 is 20.4 Å². The zero-order chi connectivity index (χ0) is 18.4. The number of amides is 2. The molecule has 0 aliphatic carbocycles. The topological polar surface area (TPSA) is 60.5 Å². The molecule has 3 rings (SSSR count). The molecule has 6 nitrogen and oxygen atoms in total. The average Bonchev–Trinajstić information content (AvgIpc) is 2.66. The molecule has 0 spiro atoms. The molecule has 2 aromatic rings. The smallest absolute Gasteiger partial charge is 0.315 e.